The number of nitrogens with zero attached hydrogens (tertiary/aromatic N) is 1. The molecule has 3 nitrogen and oxygen atoms in total. The first-order valence-electron chi connectivity index (χ1n) is 4.58. The molecule has 0 aromatic carbocycles. The highest BCUT2D eigenvalue weighted by molar-refractivity contribution is 7.06. The molecule has 1 unspecified atom stereocenters. The quantitative estimate of drug-likeness (QED) is 0.743. The van der Waals surface area contributed by atoms with E-state index in [4.69, 9.17) is 4.74 Å². The van der Waals surface area contributed by atoms with Crippen LogP contribution in [-0.4, -0.2) is 24.7 Å². The van der Waals surface area contributed by atoms with Crippen molar-refractivity contribution in [2.24, 2.45) is 0 Å². The number of ether oxygens (including phenoxy) is 1. The molecule has 0 saturated carbocycles. The number of aromatic nitrogens is 1. The molecule has 14 heavy (non-hydrogen) atoms. The van der Waals surface area contributed by atoms with Gasteiger partial charge in [-0.2, -0.15) is 4.37 Å². The monoisotopic (exact) mass is 218 g/mol. The lowest BCUT2D eigenvalue weighted by atomic mass is 10.2. The highest BCUT2D eigenvalue weighted by atomic mass is 32.1. The maximum absolute atomic E-state index is 11.8. The third-order valence-corrected chi connectivity index (χ3v) is 2.86. The Balaban J connectivity index is 2.39. The number of nitrogens with one attached hydrogen (secondary N) is 1. The lowest BCUT2D eigenvalue weighted by Crippen LogP contribution is -2.19. The molecule has 1 aromatic rings. The van der Waals surface area contributed by atoms with Crippen molar-refractivity contribution in [1.29, 1.82) is 0 Å². The number of hydrogen-bond donors (Lipinski definition) is 1. The third-order valence-electron chi connectivity index (χ3n) is 1.90. The zero-order chi connectivity index (χ0) is 10.4. The smallest absolute Gasteiger partial charge is 0.225 e. The van der Waals surface area contributed by atoms with Crippen LogP contribution in [0.25, 0.3) is 0 Å². The summed E-state index contributed by atoms with van der Waals surface area (Å²) >= 11 is 1.41. The summed E-state index contributed by atoms with van der Waals surface area (Å²) in [6, 6.07) is 2.11. The Bertz CT molecular complexity index is 267. The van der Waals surface area contributed by atoms with Crippen LogP contribution in [0.5, 0.6) is 5.88 Å². The van der Waals surface area contributed by atoms with Crippen molar-refractivity contribution in [3.63, 3.8) is 0 Å². The van der Waals surface area contributed by atoms with Crippen molar-refractivity contribution in [1.82, 2.24) is 9.69 Å². The molecular weight excluding hydrogens is 203 g/mol. The molecule has 80 valence electrons. The maximum atomic E-state index is 11.8. The minimum absolute atomic E-state index is 0.211. The maximum Gasteiger partial charge on any atom is 0.225 e. The van der Waals surface area contributed by atoms with E-state index in [-0.39, 0.29) is 12.7 Å². The van der Waals surface area contributed by atoms with Crippen LogP contribution < -0.4 is 10.1 Å². The summed E-state index contributed by atoms with van der Waals surface area (Å²) < 4.78 is 20.9. The molecule has 0 spiro atoms. The molecule has 1 aromatic heterocycles. The van der Waals surface area contributed by atoms with Gasteiger partial charge in [0.15, 0.2) is 0 Å². The average molecular weight is 218 g/mol. The van der Waals surface area contributed by atoms with E-state index in [1.54, 1.807) is 7.11 Å². The Hall–Kier alpha value is -0.680. The lowest BCUT2D eigenvalue weighted by Gasteiger charge is -2.09. The average Bonchev–Trinajstić information content (AvgIpc) is 2.66. The molecule has 1 rings (SSSR count). The Morgan fingerprint density at radius 3 is 3.07 bits per heavy atom. The molecule has 0 aliphatic rings. The summed E-state index contributed by atoms with van der Waals surface area (Å²) in [7, 11) is 1.60. The van der Waals surface area contributed by atoms with Gasteiger partial charge in [-0.05, 0) is 31.4 Å². The summed E-state index contributed by atoms with van der Waals surface area (Å²) in [5.74, 6) is 0.643. The Labute approximate surface area is 87.5 Å². The van der Waals surface area contributed by atoms with Crippen LogP contribution in [0, 0.1) is 0 Å². The van der Waals surface area contributed by atoms with E-state index in [1.165, 1.54) is 11.5 Å². The first-order chi connectivity index (χ1) is 6.77. The van der Waals surface area contributed by atoms with E-state index in [0.717, 1.165) is 4.88 Å². The largest absolute Gasteiger partial charge is 0.480 e. The van der Waals surface area contributed by atoms with Gasteiger partial charge in [0.05, 0.1) is 13.8 Å². The Morgan fingerprint density at radius 2 is 2.50 bits per heavy atom. The molecule has 0 aliphatic heterocycles. The summed E-state index contributed by atoms with van der Waals surface area (Å²) in [5.41, 5.74) is 0. The molecule has 0 fully saturated rings. The second-order valence-electron chi connectivity index (χ2n) is 2.99. The predicted molar refractivity (Wildman–Crippen MR) is 55.7 cm³/mol. The van der Waals surface area contributed by atoms with Gasteiger partial charge in [0.1, 0.15) is 0 Å². The minimum atomic E-state index is -0.272. The lowest BCUT2D eigenvalue weighted by molar-refractivity contribution is 0.402. The Kier molecular flexibility index (Phi) is 4.82. The predicted octanol–water partition coefficient (Wildman–Crippen LogP) is 2.16. The molecule has 1 heterocycles. The summed E-state index contributed by atoms with van der Waals surface area (Å²) in [6.07, 6.45) is 0.556. The van der Waals surface area contributed by atoms with Crippen molar-refractivity contribution in [2.45, 2.75) is 19.4 Å². The van der Waals surface area contributed by atoms with Gasteiger partial charge in [-0.3, -0.25) is 4.39 Å². The van der Waals surface area contributed by atoms with E-state index in [0.29, 0.717) is 18.8 Å². The molecule has 1 N–H and O–H groups in total. The van der Waals surface area contributed by atoms with Gasteiger partial charge in [-0.15, -0.1) is 0 Å². The normalized spacial score (nSPS) is 12.8. The fourth-order valence-corrected chi connectivity index (χ4v) is 1.78. The van der Waals surface area contributed by atoms with E-state index in [9.17, 15) is 4.39 Å². The van der Waals surface area contributed by atoms with Crippen LogP contribution in [0.4, 0.5) is 4.39 Å². The van der Waals surface area contributed by atoms with Crippen molar-refractivity contribution in [2.75, 3.05) is 20.3 Å². The molecule has 0 radical (unpaired) electrons. The van der Waals surface area contributed by atoms with Crippen LogP contribution in [0.2, 0.25) is 0 Å². The highest BCUT2D eigenvalue weighted by Gasteiger charge is 2.08. The number of rotatable bonds is 6. The van der Waals surface area contributed by atoms with Gasteiger partial charge in [0.2, 0.25) is 5.88 Å². The number of methoxy groups -OCH3 is 1. The van der Waals surface area contributed by atoms with Crippen LogP contribution in [0.15, 0.2) is 6.07 Å². The summed E-state index contributed by atoms with van der Waals surface area (Å²) in [5, 5.41) is 3.21. The molecule has 0 bridgehead atoms. The first-order valence-corrected chi connectivity index (χ1v) is 5.35. The fraction of sp³-hybridized carbons (Fsp3) is 0.667. The number of hydrogen-bond acceptors (Lipinski definition) is 4. The van der Waals surface area contributed by atoms with E-state index in [1.807, 2.05) is 13.0 Å². The van der Waals surface area contributed by atoms with Crippen LogP contribution in [0.3, 0.4) is 0 Å². The molecule has 1 atom stereocenters. The van der Waals surface area contributed by atoms with Gasteiger partial charge in [0, 0.05) is 17.0 Å². The van der Waals surface area contributed by atoms with Gasteiger partial charge < -0.3 is 10.1 Å². The standard InChI is InChI=1S/C9H15FN2OS/c1-7(11-5-3-4-10)8-6-9(13-2)12-14-8/h6-7,11H,3-5H2,1-2H3. The molecular formula is C9H15FN2OS. The SMILES string of the molecule is COc1cc(C(C)NCCCF)sn1. The molecule has 0 saturated heterocycles. The first kappa shape index (κ1) is 11.4. The van der Waals surface area contributed by atoms with Gasteiger partial charge in [-0.1, -0.05) is 0 Å². The number of halogens is 1. The zero-order valence-corrected chi connectivity index (χ0v) is 9.23. The molecule has 0 aliphatic carbocycles. The highest BCUT2D eigenvalue weighted by Crippen LogP contribution is 2.22. The Morgan fingerprint density at radius 1 is 1.71 bits per heavy atom. The van der Waals surface area contributed by atoms with Crippen LogP contribution in [0.1, 0.15) is 24.3 Å². The third kappa shape index (κ3) is 3.23. The van der Waals surface area contributed by atoms with Crippen molar-refractivity contribution in [3.05, 3.63) is 10.9 Å². The second-order valence-corrected chi connectivity index (χ2v) is 3.83. The fourth-order valence-electron chi connectivity index (χ4n) is 1.06. The van der Waals surface area contributed by atoms with Crippen LogP contribution in [-0.2, 0) is 0 Å². The molecule has 0 amide bonds. The van der Waals surface area contributed by atoms with Crippen molar-refractivity contribution in [3.8, 4) is 5.88 Å². The summed E-state index contributed by atoms with van der Waals surface area (Å²) in [4.78, 5) is 1.11. The van der Waals surface area contributed by atoms with Gasteiger partial charge in [0.25, 0.3) is 0 Å². The topological polar surface area (TPSA) is 34.1 Å². The van der Waals surface area contributed by atoms with Crippen molar-refractivity contribution >= 4 is 11.5 Å². The van der Waals surface area contributed by atoms with E-state index in [2.05, 4.69) is 9.69 Å². The van der Waals surface area contributed by atoms with E-state index < -0.39 is 0 Å². The van der Waals surface area contributed by atoms with Gasteiger partial charge in [-0.25, -0.2) is 0 Å². The van der Waals surface area contributed by atoms with Gasteiger partial charge >= 0.3 is 0 Å². The summed E-state index contributed by atoms with van der Waals surface area (Å²) in [6.45, 7) is 2.45. The zero-order valence-electron chi connectivity index (χ0n) is 8.42. The van der Waals surface area contributed by atoms with Crippen molar-refractivity contribution < 1.29 is 9.13 Å². The number of alkyl halides is 1. The van der Waals surface area contributed by atoms with E-state index >= 15 is 0 Å². The second kappa shape index (κ2) is 5.93. The molecule has 5 heteroatoms. The minimum Gasteiger partial charge on any atom is -0.480 e. The van der Waals surface area contributed by atoms with Crippen LogP contribution >= 0.6 is 11.5 Å².